The molecule has 0 spiro atoms. The van der Waals surface area contributed by atoms with Crippen molar-refractivity contribution in [2.24, 2.45) is 0 Å². The molecule has 8 nitrogen and oxygen atoms in total. The molecule has 8 heteroatoms. The van der Waals surface area contributed by atoms with Crippen molar-refractivity contribution >= 4 is 12.3 Å². The minimum absolute atomic E-state index is 0.0225. The Kier molecular flexibility index (Phi) is 11.8. The molecule has 0 saturated carbocycles. The fourth-order valence-electron chi connectivity index (χ4n) is 2.82. The Morgan fingerprint density at radius 2 is 1.32 bits per heavy atom. The van der Waals surface area contributed by atoms with Crippen molar-refractivity contribution < 1.29 is 38.7 Å². The molecule has 184 valence electrons. The van der Waals surface area contributed by atoms with Gasteiger partial charge in [0.15, 0.2) is 0 Å². The molecule has 4 bridgehead atoms. The molecular weight excluding hydrogens is 440 g/mol. The van der Waals surface area contributed by atoms with Crippen molar-refractivity contribution in [1.82, 2.24) is 0 Å². The van der Waals surface area contributed by atoms with Gasteiger partial charge in [-0.3, -0.25) is 0 Å². The molecule has 0 fully saturated rings. The van der Waals surface area contributed by atoms with Crippen LogP contribution in [-0.4, -0.2) is 48.4 Å². The molecule has 4 aliphatic heterocycles. The van der Waals surface area contributed by atoms with E-state index in [0.29, 0.717) is 6.61 Å². The highest BCUT2D eigenvalue weighted by Crippen LogP contribution is 2.33. The maximum absolute atomic E-state index is 9.49. The molecule has 1 unspecified atom stereocenters. The Morgan fingerprint density at radius 1 is 0.912 bits per heavy atom. The summed E-state index contributed by atoms with van der Waals surface area (Å²) in [6.07, 6.45) is 0.233. The fourth-order valence-corrected chi connectivity index (χ4v) is 2.82. The lowest BCUT2D eigenvalue weighted by molar-refractivity contribution is 0.101. The van der Waals surface area contributed by atoms with Crippen LogP contribution in [0.1, 0.15) is 31.9 Å². The Morgan fingerprint density at radius 3 is 1.68 bits per heavy atom. The van der Waals surface area contributed by atoms with Gasteiger partial charge < -0.3 is 29.2 Å². The summed E-state index contributed by atoms with van der Waals surface area (Å²) in [5.41, 5.74) is 2.53. The molecule has 4 aliphatic rings. The van der Waals surface area contributed by atoms with Crippen molar-refractivity contribution in [3.05, 3.63) is 85.0 Å². The van der Waals surface area contributed by atoms with Crippen LogP contribution in [-0.2, 0) is 14.9 Å². The molecule has 4 heterocycles. The summed E-state index contributed by atoms with van der Waals surface area (Å²) in [5.74, 6) is 1.78. The van der Waals surface area contributed by atoms with E-state index >= 15 is 0 Å². The summed E-state index contributed by atoms with van der Waals surface area (Å²) in [4.78, 5) is 19.0. The number of carboxylic acid groups (broad SMARTS) is 2. The molecule has 2 N–H and O–H groups in total. The summed E-state index contributed by atoms with van der Waals surface area (Å²) >= 11 is 0. The second-order valence-electron chi connectivity index (χ2n) is 7.64. The van der Waals surface area contributed by atoms with Gasteiger partial charge in [0.25, 0.3) is 0 Å². The zero-order valence-corrected chi connectivity index (χ0v) is 19.7. The predicted octanol–water partition coefficient (Wildman–Crippen LogP) is 5.91. The summed E-state index contributed by atoms with van der Waals surface area (Å²) in [5, 5.41) is 15.5. The molecule has 2 aromatic carbocycles. The van der Waals surface area contributed by atoms with Crippen LogP contribution in [0, 0.1) is 0 Å². The number of hydrogen-bond acceptors (Lipinski definition) is 6. The predicted molar refractivity (Wildman–Crippen MR) is 129 cm³/mol. The molecule has 2 aromatic rings. The lowest BCUT2D eigenvalue weighted by Crippen LogP contribution is -2.21. The van der Waals surface area contributed by atoms with Gasteiger partial charge in [-0.1, -0.05) is 63.4 Å². The molecule has 1 atom stereocenters. The minimum atomic E-state index is -1.26. The standard InChI is InChI=1S/C18H20O2.2C4H6O3/c1-13-12-19-16-8-4-14(5-9-16)18(2,3)15-6-10-17(20-13)11-7-15;2*1-2-3-7-4(5)6/h4-11,13H,12H2,1-3H3;2*2H,1,3H2,(H,5,6). The largest absolute Gasteiger partial charge is 0.506 e. The first-order valence-electron chi connectivity index (χ1n) is 10.5. The molecule has 0 aliphatic carbocycles. The summed E-state index contributed by atoms with van der Waals surface area (Å²) in [6.45, 7) is 13.7. The monoisotopic (exact) mass is 472 g/mol. The van der Waals surface area contributed by atoms with Gasteiger partial charge in [-0.15, -0.1) is 0 Å². The summed E-state index contributed by atoms with van der Waals surface area (Å²) in [7, 11) is 0. The van der Waals surface area contributed by atoms with Crippen molar-refractivity contribution in [2.75, 3.05) is 19.8 Å². The topological polar surface area (TPSA) is 112 Å². The Hall–Kier alpha value is -3.94. The van der Waals surface area contributed by atoms with E-state index in [9.17, 15) is 9.59 Å². The minimum Gasteiger partial charge on any atom is -0.490 e. The lowest BCUT2D eigenvalue weighted by Gasteiger charge is -2.26. The number of rotatable bonds is 4. The highest BCUT2D eigenvalue weighted by Gasteiger charge is 2.23. The molecule has 0 amide bonds. The quantitative estimate of drug-likeness (QED) is 0.417. The van der Waals surface area contributed by atoms with Crippen LogP contribution in [0.25, 0.3) is 0 Å². The normalized spacial score (nSPS) is 15.0. The molecule has 0 saturated heterocycles. The van der Waals surface area contributed by atoms with Crippen LogP contribution < -0.4 is 9.47 Å². The summed E-state index contributed by atoms with van der Waals surface area (Å²) in [6, 6.07) is 16.7. The van der Waals surface area contributed by atoms with Crippen molar-refractivity contribution in [2.45, 2.75) is 32.3 Å². The number of ether oxygens (including phenoxy) is 4. The Bertz CT molecular complexity index is 895. The van der Waals surface area contributed by atoms with Crippen LogP contribution in [0.5, 0.6) is 11.5 Å². The van der Waals surface area contributed by atoms with Gasteiger partial charge in [-0.25, -0.2) is 9.59 Å². The van der Waals surface area contributed by atoms with Crippen molar-refractivity contribution in [1.29, 1.82) is 0 Å². The van der Waals surface area contributed by atoms with E-state index in [1.807, 2.05) is 31.2 Å². The van der Waals surface area contributed by atoms with E-state index in [0.717, 1.165) is 11.5 Å². The van der Waals surface area contributed by atoms with Gasteiger partial charge in [0.1, 0.15) is 37.4 Å². The zero-order valence-electron chi connectivity index (χ0n) is 19.7. The average Bonchev–Trinajstić information content (AvgIpc) is 2.83. The van der Waals surface area contributed by atoms with Gasteiger partial charge in [0, 0.05) is 5.41 Å². The first-order valence-corrected chi connectivity index (χ1v) is 10.5. The Labute approximate surface area is 200 Å². The maximum atomic E-state index is 9.49. The van der Waals surface area contributed by atoms with Gasteiger partial charge in [0.05, 0.1) is 0 Å². The van der Waals surface area contributed by atoms with E-state index in [1.165, 1.54) is 23.3 Å². The third-order valence-corrected chi connectivity index (χ3v) is 4.62. The highest BCUT2D eigenvalue weighted by molar-refractivity contribution is 5.57. The number of carbonyl (C=O) groups is 2. The number of benzene rings is 2. The maximum Gasteiger partial charge on any atom is 0.506 e. The first-order chi connectivity index (χ1) is 16.1. The molecule has 6 rings (SSSR count). The average molecular weight is 473 g/mol. The third kappa shape index (κ3) is 10.1. The van der Waals surface area contributed by atoms with Crippen LogP contribution in [0.3, 0.4) is 0 Å². The fraction of sp³-hybridized carbons (Fsp3) is 0.308. The molecule has 34 heavy (non-hydrogen) atoms. The lowest BCUT2D eigenvalue weighted by atomic mass is 9.78. The first kappa shape index (κ1) is 28.1. The van der Waals surface area contributed by atoms with Crippen LogP contribution in [0.2, 0.25) is 0 Å². The van der Waals surface area contributed by atoms with E-state index in [4.69, 9.17) is 19.7 Å². The SMILES string of the molecule is C=CCOC(=O)O.C=CCOC(=O)O.CC1COc2ccc(cc2)C(C)(C)c2ccc(cc2)O1. The van der Waals surface area contributed by atoms with Crippen LogP contribution >= 0.6 is 0 Å². The third-order valence-electron chi connectivity index (χ3n) is 4.62. The van der Waals surface area contributed by atoms with Crippen LogP contribution in [0.15, 0.2) is 73.8 Å². The van der Waals surface area contributed by atoms with E-state index in [2.05, 4.69) is 60.7 Å². The van der Waals surface area contributed by atoms with Crippen molar-refractivity contribution in [3.63, 3.8) is 0 Å². The van der Waals surface area contributed by atoms with E-state index < -0.39 is 12.3 Å². The number of hydrogen-bond donors (Lipinski definition) is 2. The van der Waals surface area contributed by atoms with Crippen molar-refractivity contribution in [3.8, 4) is 11.5 Å². The van der Waals surface area contributed by atoms with Gasteiger partial charge in [0.2, 0.25) is 0 Å². The smallest absolute Gasteiger partial charge is 0.490 e. The van der Waals surface area contributed by atoms with E-state index in [1.54, 1.807) is 0 Å². The second-order valence-corrected chi connectivity index (χ2v) is 7.64. The molecule has 0 radical (unpaired) electrons. The molecule has 0 aromatic heterocycles. The van der Waals surface area contributed by atoms with Gasteiger partial charge in [-0.2, -0.15) is 0 Å². The Balaban J connectivity index is 0.000000343. The summed E-state index contributed by atoms with van der Waals surface area (Å²) < 4.78 is 19.6. The molecular formula is C26H32O8. The van der Waals surface area contributed by atoms with Crippen LogP contribution in [0.4, 0.5) is 9.59 Å². The van der Waals surface area contributed by atoms with Gasteiger partial charge in [-0.05, 0) is 42.3 Å². The zero-order chi connectivity index (χ0) is 25.6. The van der Waals surface area contributed by atoms with E-state index in [-0.39, 0.29) is 24.7 Å². The van der Waals surface area contributed by atoms with Gasteiger partial charge >= 0.3 is 12.3 Å². The second kappa shape index (κ2) is 14.3. The highest BCUT2D eigenvalue weighted by atomic mass is 16.7.